The van der Waals surface area contributed by atoms with Crippen molar-refractivity contribution in [3.05, 3.63) is 91.3 Å². The van der Waals surface area contributed by atoms with E-state index in [-0.39, 0.29) is 18.0 Å². The molecule has 0 bridgehead atoms. The lowest BCUT2D eigenvalue weighted by Crippen LogP contribution is -2.37. The number of sulfonamides is 1. The molecule has 3 aromatic rings. The van der Waals surface area contributed by atoms with Crippen molar-refractivity contribution >= 4 is 76.7 Å². The first-order valence-electron chi connectivity index (χ1n) is 8.90. The summed E-state index contributed by atoms with van der Waals surface area (Å²) in [6, 6.07) is 18.1. The SMILES string of the molecule is O=C(CN(Cc1ccc(Cl)c(Cl)c1)S(=O)(=O)c1ccc(Br)cc1)Nc1ccc(Br)cc1. The molecular weight excluding hydrogens is 591 g/mol. The summed E-state index contributed by atoms with van der Waals surface area (Å²) >= 11 is 18.7. The van der Waals surface area contributed by atoms with E-state index >= 15 is 0 Å². The van der Waals surface area contributed by atoms with Crippen molar-refractivity contribution in [2.45, 2.75) is 11.4 Å². The molecule has 0 atom stereocenters. The predicted molar refractivity (Wildman–Crippen MR) is 131 cm³/mol. The molecule has 31 heavy (non-hydrogen) atoms. The first kappa shape index (κ1) is 24.2. The average molecular weight is 607 g/mol. The highest BCUT2D eigenvalue weighted by molar-refractivity contribution is 9.10. The number of halogens is 4. The molecule has 0 spiro atoms. The maximum atomic E-state index is 13.3. The molecule has 0 radical (unpaired) electrons. The number of amides is 1. The number of hydrogen-bond donors (Lipinski definition) is 1. The number of carbonyl (C=O) groups excluding carboxylic acids is 1. The van der Waals surface area contributed by atoms with E-state index in [1.165, 1.54) is 12.1 Å². The molecule has 5 nitrogen and oxygen atoms in total. The minimum absolute atomic E-state index is 0.0525. The van der Waals surface area contributed by atoms with Gasteiger partial charge in [0.1, 0.15) is 0 Å². The molecule has 0 saturated heterocycles. The highest BCUT2D eigenvalue weighted by Gasteiger charge is 2.27. The van der Waals surface area contributed by atoms with E-state index in [0.29, 0.717) is 21.3 Å². The molecule has 0 aliphatic rings. The molecule has 0 saturated carbocycles. The Labute approximate surface area is 207 Å². The summed E-state index contributed by atoms with van der Waals surface area (Å²) in [5.41, 5.74) is 1.16. The van der Waals surface area contributed by atoms with Gasteiger partial charge < -0.3 is 5.32 Å². The molecular formula is C21H16Br2Cl2N2O3S. The number of benzene rings is 3. The Morgan fingerprint density at radius 1 is 0.871 bits per heavy atom. The Kier molecular flexibility index (Phi) is 8.18. The van der Waals surface area contributed by atoms with Crippen molar-refractivity contribution in [2.75, 3.05) is 11.9 Å². The third kappa shape index (κ3) is 6.54. The summed E-state index contributed by atoms with van der Waals surface area (Å²) < 4.78 is 29.3. The topological polar surface area (TPSA) is 66.5 Å². The Morgan fingerprint density at radius 2 is 1.45 bits per heavy atom. The first-order chi connectivity index (χ1) is 14.6. The van der Waals surface area contributed by atoms with Crippen LogP contribution in [0.25, 0.3) is 0 Å². The van der Waals surface area contributed by atoms with Crippen LogP contribution in [-0.4, -0.2) is 25.2 Å². The monoisotopic (exact) mass is 604 g/mol. The summed E-state index contributed by atoms with van der Waals surface area (Å²) in [4.78, 5) is 12.7. The van der Waals surface area contributed by atoms with Crippen LogP contribution in [0.15, 0.2) is 80.6 Å². The predicted octanol–water partition coefficient (Wildman–Crippen LogP) is 6.35. The zero-order chi connectivity index (χ0) is 22.6. The zero-order valence-corrected chi connectivity index (χ0v) is 21.4. The van der Waals surface area contributed by atoms with Crippen LogP contribution < -0.4 is 5.32 Å². The fraction of sp³-hybridized carbons (Fsp3) is 0.0952. The van der Waals surface area contributed by atoms with Gasteiger partial charge in [0.15, 0.2) is 0 Å². The Bertz CT molecular complexity index is 1190. The number of nitrogens with zero attached hydrogens (tertiary/aromatic N) is 1. The molecule has 1 amide bonds. The Morgan fingerprint density at radius 3 is 2.03 bits per heavy atom. The van der Waals surface area contributed by atoms with Crippen LogP contribution in [0.4, 0.5) is 5.69 Å². The van der Waals surface area contributed by atoms with Crippen LogP contribution >= 0.6 is 55.1 Å². The second-order valence-corrected chi connectivity index (χ2v) is 11.1. The van der Waals surface area contributed by atoms with E-state index in [1.54, 1.807) is 54.6 Å². The third-order valence-corrected chi connectivity index (χ3v) is 7.84. The maximum Gasteiger partial charge on any atom is 0.243 e. The van der Waals surface area contributed by atoms with Crippen LogP contribution in [0, 0.1) is 0 Å². The lowest BCUT2D eigenvalue weighted by molar-refractivity contribution is -0.116. The molecule has 0 unspecified atom stereocenters. The number of anilines is 1. The molecule has 162 valence electrons. The van der Waals surface area contributed by atoms with Gasteiger partial charge in [-0.3, -0.25) is 4.79 Å². The molecule has 0 heterocycles. The summed E-state index contributed by atoms with van der Waals surface area (Å²) in [6.07, 6.45) is 0. The van der Waals surface area contributed by atoms with Crippen LogP contribution in [0.5, 0.6) is 0 Å². The van der Waals surface area contributed by atoms with E-state index in [9.17, 15) is 13.2 Å². The Hall–Kier alpha value is -1.42. The molecule has 0 fully saturated rings. The van der Waals surface area contributed by atoms with Gasteiger partial charge in [0.05, 0.1) is 21.5 Å². The normalized spacial score (nSPS) is 11.5. The Balaban J connectivity index is 1.88. The van der Waals surface area contributed by atoms with E-state index in [2.05, 4.69) is 37.2 Å². The van der Waals surface area contributed by atoms with Crippen LogP contribution in [0.1, 0.15) is 5.56 Å². The van der Waals surface area contributed by atoms with E-state index < -0.39 is 15.9 Å². The van der Waals surface area contributed by atoms with Crippen molar-refractivity contribution in [1.82, 2.24) is 4.31 Å². The van der Waals surface area contributed by atoms with Gasteiger partial charge in [0.2, 0.25) is 15.9 Å². The van der Waals surface area contributed by atoms with Crippen LogP contribution in [0.3, 0.4) is 0 Å². The zero-order valence-electron chi connectivity index (χ0n) is 15.9. The van der Waals surface area contributed by atoms with Crippen molar-refractivity contribution < 1.29 is 13.2 Å². The molecule has 0 aromatic heterocycles. The van der Waals surface area contributed by atoms with Gasteiger partial charge in [-0.2, -0.15) is 4.31 Å². The van der Waals surface area contributed by atoms with Crippen LogP contribution in [0.2, 0.25) is 10.0 Å². The highest BCUT2D eigenvalue weighted by atomic mass is 79.9. The second kappa shape index (κ2) is 10.5. The van der Waals surface area contributed by atoms with Crippen LogP contribution in [-0.2, 0) is 21.4 Å². The molecule has 0 aliphatic carbocycles. The molecule has 3 aromatic carbocycles. The lowest BCUT2D eigenvalue weighted by atomic mass is 10.2. The molecule has 1 N–H and O–H groups in total. The summed E-state index contributed by atoms with van der Waals surface area (Å²) in [6.45, 7) is -0.433. The van der Waals surface area contributed by atoms with Crippen molar-refractivity contribution in [3.63, 3.8) is 0 Å². The summed E-state index contributed by atoms with van der Waals surface area (Å²) in [5, 5.41) is 3.38. The molecule has 3 rings (SSSR count). The van der Waals surface area contributed by atoms with E-state index in [0.717, 1.165) is 13.3 Å². The largest absolute Gasteiger partial charge is 0.325 e. The van der Waals surface area contributed by atoms with Crippen molar-refractivity contribution in [3.8, 4) is 0 Å². The van der Waals surface area contributed by atoms with Gasteiger partial charge in [0.25, 0.3) is 0 Å². The molecule has 10 heteroatoms. The first-order valence-corrected chi connectivity index (χ1v) is 12.7. The number of hydrogen-bond acceptors (Lipinski definition) is 3. The quantitative estimate of drug-likeness (QED) is 0.341. The molecule has 0 aliphatic heterocycles. The third-order valence-electron chi connectivity index (χ3n) is 4.24. The van der Waals surface area contributed by atoms with E-state index in [1.807, 2.05) is 0 Å². The minimum Gasteiger partial charge on any atom is -0.325 e. The second-order valence-electron chi connectivity index (χ2n) is 6.53. The summed E-state index contributed by atoms with van der Waals surface area (Å²) in [5.74, 6) is -0.469. The number of rotatable bonds is 7. The van der Waals surface area contributed by atoms with Gasteiger partial charge in [-0.25, -0.2) is 8.42 Å². The lowest BCUT2D eigenvalue weighted by Gasteiger charge is -2.22. The average Bonchev–Trinajstić information content (AvgIpc) is 2.72. The smallest absolute Gasteiger partial charge is 0.243 e. The fourth-order valence-electron chi connectivity index (χ4n) is 2.72. The van der Waals surface area contributed by atoms with Crippen molar-refractivity contribution in [1.29, 1.82) is 0 Å². The standard InChI is InChI=1S/C21H16Br2Cl2N2O3S/c22-15-2-6-17(7-3-15)26-21(28)13-27(12-14-1-10-19(24)20(25)11-14)31(29,30)18-8-4-16(23)5-9-18/h1-11H,12-13H2,(H,26,28). The minimum atomic E-state index is -3.96. The van der Waals surface area contributed by atoms with Gasteiger partial charge in [0, 0.05) is 21.2 Å². The van der Waals surface area contributed by atoms with Gasteiger partial charge in [-0.05, 0) is 66.2 Å². The number of carbonyl (C=O) groups is 1. The van der Waals surface area contributed by atoms with E-state index in [4.69, 9.17) is 23.2 Å². The van der Waals surface area contributed by atoms with Gasteiger partial charge >= 0.3 is 0 Å². The fourth-order valence-corrected chi connectivity index (χ4v) is 4.95. The van der Waals surface area contributed by atoms with Gasteiger partial charge in [-0.15, -0.1) is 0 Å². The maximum absolute atomic E-state index is 13.3. The highest BCUT2D eigenvalue weighted by Crippen LogP contribution is 2.26. The van der Waals surface area contributed by atoms with Gasteiger partial charge in [-0.1, -0.05) is 61.1 Å². The summed E-state index contributed by atoms with van der Waals surface area (Å²) in [7, 11) is -3.96. The van der Waals surface area contributed by atoms with Crippen molar-refractivity contribution in [2.24, 2.45) is 0 Å². The number of nitrogens with one attached hydrogen (secondary N) is 1.